The molecule has 3 nitrogen and oxygen atoms in total. The maximum atomic E-state index is 4.09. The number of rotatable bonds is 15. The van der Waals surface area contributed by atoms with Crippen molar-refractivity contribution in [3.8, 4) is 0 Å². The van der Waals surface area contributed by atoms with Crippen LogP contribution >= 0.6 is 0 Å². The van der Waals surface area contributed by atoms with Gasteiger partial charge in [0, 0.05) is 12.3 Å². The van der Waals surface area contributed by atoms with Gasteiger partial charge in [-0.25, -0.2) is 5.53 Å². The van der Waals surface area contributed by atoms with Gasteiger partial charge < -0.3 is 0 Å². The minimum atomic E-state index is 0.658. The number of nitrogens with one attached hydrogen (secondary N) is 1. The molecule has 1 aliphatic heterocycles. The standard InChI is InChI=1S/C19H39N3/c1-3-5-6-7-8-9-10-11-12-13-14-15-16-19(4-2)22-18-17-20-21-22/h17,19,21H,3-16,18H2,1-2H3. The van der Waals surface area contributed by atoms with Crippen LogP contribution in [0.4, 0.5) is 0 Å². The highest BCUT2D eigenvalue weighted by Gasteiger charge is 2.17. The van der Waals surface area contributed by atoms with Crippen molar-refractivity contribution >= 4 is 6.21 Å². The number of nitrogens with zero attached hydrogens (tertiary/aromatic N) is 2. The Kier molecular flexibility index (Phi) is 12.4. The van der Waals surface area contributed by atoms with Gasteiger partial charge in [-0.3, -0.25) is 0 Å². The maximum Gasteiger partial charge on any atom is 0.0569 e. The lowest BCUT2D eigenvalue weighted by Crippen LogP contribution is -2.39. The summed E-state index contributed by atoms with van der Waals surface area (Å²) in [5, 5.41) is 6.37. The Labute approximate surface area is 138 Å². The molecule has 0 saturated carbocycles. The Hall–Kier alpha value is -0.570. The normalized spacial score (nSPS) is 16.1. The molecule has 1 aliphatic rings. The van der Waals surface area contributed by atoms with Crippen molar-refractivity contribution in [2.75, 3.05) is 6.54 Å². The summed E-state index contributed by atoms with van der Waals surface area (Å²) in [6.45, 7) is 5.54. The molecule has 3 heteroatoms. The summed E-state index contributed by atoms with van der Waals surface area (Å²) in [4.78, 5) is 0. The molecule has 0 bridgehead atoms. The van der Waals surface area contributed by atoms with E-state index in [4.69, 9.17) is 0 Å². The minimum absolute atomic E-state index is 0.658. The molecule has 0 saturated heterocycles. The topological polar surface area (TPSA) is 27.6 Å². The summed E-state index contributed by atoms with van der Waals surface area (Å²) < 4.78 is 0. The van der Waals surface area contributed by atoms with E-state index in [2.05, 4.69) is 29.5 Å². The highest BCUT2D eigenvalue weighted by molar-refractivity contribution is 5.60. The maximum absolute atomic E-state index is 4.09. The van der Waals surface area contributed by atoms with Crippen LogP contribution in [0, 0.1) is 0 Å². The molecular formula is C19H39N3. The quantitative estimate of drug-likeness (QED) is 0.395. The van der Waals surface area contributed by atoms with Crippen LogP contribution in [-0.4, -0.2) is 23.8 Å². The number of hydrazone groups is 1. The molecule has 22 heavy (non-hydrogen) atoms. The summed E-state index contributed by atoms with van der Waals surface area (Å²) in [5.74, 6) is 0. The van der Waals surface area contributed by atoms with E-state index in [0.29, 0.717) is 6.04 Å². The smallest absolute Gasteiger partial charge is 0.0569 e. The van der Waals surface area contributed by atoms with Gasteiger partial charge >= 0.3 is 0 Å². The average molecular weight is 310 g/mol. The van der Waals surface area contributed by atoms with Crippen LogP contribution in [0.15, 0.2) is 5.10 Å². The van der Waals surface area contributed by atoms with E-state index in [0.717, 1.165) is 6.54 Å². The largest absolute Gasteiger partial charge is 0.240 e. The molecule has 0 aromatic carbocycles. The first-order chi connectivity index (χ1) is 10.9. The van der Waals surface area contributed by atoms with Gasteiger partial charge in [-0.15, -0.1) is 0 Å². The minimum Gasteiger partial charge on any atom is -0.240 e. The highest BCUT2D eigenvalue weighted by atomic mass is 15.7. The third-order valence-corrected chi connectivity index (χ3v) is 4.86. The van der Waals surface area contributed by atoms with Crippen molar-refractivity contribution in [1.29, 1.82) is 0 Å². The van der Waals surface area contributed by atoms with Crippen molar-refractivity contribution in [2.45, 2.75) is 110 Å². The van der Waals surface area contributed by atoms with E-state index in [1.165, 1.54) is 89.9 Å². The van der Waals surface area contributed by atoms with Gasteiger partial charge in [0.15, 0.2) is 0 Å². The Morgan fingerprint density at radius 1 is 0.864 bits per heavy atom. The fourth-order valence-electron chi connectivity index (χ4n) is 3.32. The molecule has 0 radical (unpaired) electrons. The first-order valence-corrected chi connectivity index (χ1v) is 9.92. The summed E-state index contributed by atoms with van der Waals surface area (Å²) in [6.07, 6.45) is 21.7. The van der Waals surface area contributed by atoms with Crippen molar-refractivity contribution in [2.24, 2.45) is 5.10 Å². The average Bonchev–Trinajstić information content (AvgIpc) is 3.06. The van der Waals surface area contributed by atoms with Gasteiger partial charge in [-0.05, 0) is 12.8 Å². The molecule has 0 aromatic heterocycles. The lowest BCUT2D eigenvalue weighted by atomic mass is 10.0. The molecule has 1 rings (SSSR count). The molecule has 0 aliphatic carbocycles. The second-order valence-corrected chi connectivity index (χ2v) is 6.80. The van der Waals surface area contributed by atoms with Crippen LogP contribution in [-0.2, 0) is 0 Å². The molecule has 1 unspecified atom stereocenters. The second-order valence-electron chi connectivity index (χ2n) is 6.80. The molecule has 0 fully saturated rings. The molecule has 1 N–H and O–H groups in total. The van der Waals surface area contributed by atoms with Gasteiger partial charge in [0.1, 0.15) is 0 Å². The zero-order chi connectivity index (χ0) is 15.9. The molecule has 0 aromatic rings. The van der Waals surface area contributed by atoms with Crippen LogP contribution in [0.3, 0.4) is 0 Å². The zero-order valence-electron chi connectivity index (χ0n) is 15.2. The van der Waals surface area contributed by atoms with E-state index in [1.54, 1.807) is 0 Å². The predicted octanol–water partition coefficient (Wildman–Crippen LogP) is 5.66. The van der Waals surface area contributed by atoms with E-state index < -0.39 is 0 Å². The predicted molar refractivity (Wildman–Crippen MR) is 98.1 cm³/mol. The second kappa shape index (κ2) is 14.0. The van der Waals surface area contributed by atoms with Crippen LogP contribution in [0.25, 0.3) is 0 Å². The van der Waals surface area contributed by atoms with Crippen LogP contribution < -0.4 is 5.53 Å². The molecule has 0 spiro atoms. The van der Waals surface area contributed by atoms with Crippen molar-refractivity contribution in [3.05, 3.63) is 0 Å². The Balaban J connectivity index is 1.81. The van der Waals surface area contributed by atoms with Gasteiger partial charge in [0.05, 0.1) is 6.54 Å². The number of unbranched alkanes of at least 4 members (excludes halogenated alkanes) is 11. The van der Waals surface area contributed by atoms with Gasteiger partial charge in [0.2, 0.25) is 0 Å². The van der Waals surface area contributed by atoms with Crippen molar-refractivity contribution < 1.29 is 0 Å². The highest BCUT2D eigenvalue weighted by Crippen LogP contribution is 2.15. The third-order valence-electron chi connectivity index (χ3n) is 4.86. The SMILES string of the molecule is CCCCCCCCCCCCCCC(CC)N1CC=NN1. The summed E-state index contributed by atoms with van der Waals surface area (Å²) >= 11 is 0. The van der Waals surface area contributed by atoms with E-state index in [9.17, 15) is 0 Å². The van der Waals surface area contributed by atoms with Crippen LogP contribution in [0.5, 0.6) is 0 Å². The van der Waals surface area contributed by atoms with Crippen molar-refractivity contribution in [1.82, 2.24) is 10.5 Å². The molecular weight excluding hydrogens is 270 g/mol. The molecule has 0 amide bonds. The number of hydrogen-bond acceptors (Lipinski definition) is 3. The van der Waals surface area contributed by atoms with E-state index in [1.807, 2.05) is 6.21 Å². The fraction of sp³-hybridized carbons (Fsp3) is 0.947. The Morgan fingerprint density at radius 2 is 1.41 bits per heavy atom. The molecule has 1 atom stereocenters. The van der Waals surface area contributed by atoms with Crippen LogP contribution in [0.2, 0.25) is 0 Å². The van der Waals surface area contributed by atoms with E-state index in [-0.39, 0.29) is 0 Å². The molecule has 1 heterocycles. The lowest BCUT2D eigenvalue weighted by Gasteiger charge is -2.25. The van der Waals surface area contributed by atoms with Crippen LogP contribution in [0.1, 0.15) is 104 Å². The lowest BCUT2D eigenvalue weighted by molar-refractivity contribution is 0.151. The first-order valence-electron chi connectivity index (χ1n) is 9.92. The third kappa shape index (κ3) is 9.45. The van der Waals surface area contributed by atoms with Gasteiger partial charge in [0.25, 0.3) is 0 Å². The Morgan fingerprint density at radius 3 is 1.86 bits per heavy atom. The van der Waals surface area contributed by atoms with Gasteiger partial charge in [-0.2, -0.15) is 10.1 Å². The number of hydrogen-bond donors (Lipinski definition) is 1. The van der Waals surface area contributed by atoms with E-state index >= 15 is 0 Å². The number of hydrazine groups is 1. The summed E-state index contributed by atoms with van der Waals surface area (Å²) in [5.41, 5.74) is 3.10. The summed E-state index contributed by atoms with van der Waals surface area (Å²) in [7, 11) is 0. The fourth-order valence-corrected chi connectivity index (χ4v) is 3.32. The zero-order valence-corrected chi connectivity index (χ0v) is 15.2. The molecule has 130 valence electrons. The Bertz CT molecular complexity index is 257. The summed E-state index contributed by atoms with van der Waals surface area (Å²) in [6, 6.07) is 0.658. The van der Waals surface area contributed by atoms with Gasteiger partial charge in [-0.1, -0.05) is 90.9 Å². The van der Waals surface area contributed by atoms with Crippen molar-refractivity contribution in [3.63, 3.8) is 0 Å². The first kappa shape index (κ1) is 19.5. The monoisotopic (exact) mass is 309 g/mol.